The maximum Gasteiger partial charge on any atom is 0.443 e. The molecule has 2 nitrogen and oxygen atoms in total. The average molecular weight is 335 g/mol. The fourth-order valence-electron chi connectivity index (χ4n) is 1.79. The first-order valence-corrected chi connectivity index (χ1v) is 7.52. The van der Waals surface area contributed by atoms with E-state index in [2.05, 4.69) is 10.3 Å². The number of nitrogens with zero attached hydrogens (tertiary/aromatic N) is 1. The van der Waals surface area contributed by atoms with Crippen LogP contribution in [0.15, 0.2) is 24.4 Å². The molecule has 1 aromatic heterocycles. The number of rotatable bonds is 4. The van der Waals surface area contributed by atoms with E-state index >= 15 is 0 Å². The smallest absolute Gasteiger partial charge is 0.310 e. The quantitative estimate of drug-likeness (QED) is 0.853. The Balaban J connectivity index is 2.36. The molecule has 2 rings (SSSR count). The van der Waals surface area contributed by atoms with Crippen molar-refractivity contribution in [1.82, 2.24) is 10.3 Å². The van der Waals surface area contributed by atoms with E-state index in [9.17, 15) is 13.2 Å². The highest BCUT2D eigenvalue weighted by atomic mass is 35.5. The first-order chi connectivity index (χ1) is 9.77. The first kappa shape index (κ1) is 16.3. The fourth-order valence-corrected chi connectivity index (χ4v) is 2.83. The number of hydrogen-bond acceptors (Lipinski definition) is 3. The summed E-state index contributed by atoms with van der Waals surface area (Å²) in [6.07, 6.45) is -3.15. The number of halogens is 4. The van der Waals surface area contributed by atoms with Crippen LogP contribution in [0.3, 0.4) is 0 Å². The van der Waals surface area contributed by atoms with Gasteiger partial charge in [-0.1, -0.05) is 31.5 Å². The van der Waals surface area contributed by atoms with Crippen LogP contribution in [0.2, 0.25) is 5.02 Å². The van der Waals surface area contributed by atoms with Gasteiger partial charge in [-0.05, 0) is 23.3 Å². The highest BCUT2D eigenvalue weighted by Crippen LogP contribution is 2.37. The molecule has 0 aliphatic heterocycles. The summed E-state index contributed by atoms with van der Waals surface area (Å²) in [7, 11) is 0. The monoisotopic (exact) mass is 334 g/mol. The van der Waals surface area contributed by atoms with Gasteiger partial charge < -0.3 is 5.32 Å². The molecule has 1 N–H and O–H groups in total. The molecule has 0 radical (unpaired) electrons. The Hall–Kier alpha value is -1.11. The molecule has 0 spiro atoms. The molecule has 21 heavy (non-hydrogen) atoms. The van der Waals surface area contributed by atoms with Gasteiger partial charge in [0.1, 0.15) is 0 Å². The van der Waals surface area contributed by atoms with Crippen molar-refractivity contribution in [3.63, 3.8) is 0 Å². The number of nitrogens with one attached hydrogen (secondary N) is 1. The third-order valence-corrected chi connectivity index (χ3v) is 4.09. The van der Waals surface area contributed by atoms with Gasteiger partial charge in [-0.2, -0.15) is 13.2 Å². The number of thiazole rings is 1. The van der Waals surface area contributed by atoms with Gasteiger partial charge in [0.15, 0.2) is 5.01 Å². The van der Waals surface area contributed by atoms with E-state index < -0.39 is 11.2 Å². The summed E-state index contributed by atoms with van der Waals surface area (Å²) in [5.74, 6) is 0. The molecule has 0 aliphatic rings. The molecule has 0 aliphatic carbocycles. The van der Waals surface area contributed by atoms with Crippen molar-refractivity contribution < 1.29 is 13.2 Å². The molecule has 1 heterocycles. The van der Waals surface area contributed by atoms with Crippen LogP contribution in [-0.2, 0) is 12.7 Å². The summed E-state index contributed by atoms with van der Waals surface area (Å²) in [6, 6.07) is 5.43. The molecule has 0 saturated heterocycles. The predicted molar refractivity (Wildman–Crippen MR) is 79.5 cm³/mol. The zero-order chi connectivity index (χ0) is 15.6. The highest BCUT2D eigenvalue weighted by molar-refractivity contribution is 7.15. The van der Waals surface area contributed by atoms with Crippen molar-refractivity contribution in [1.29, 1.82) is 0 Å². The van der Waals surface area contributed by atoms with E-state index in [0.29, 0.717) is 27.8 Å². The van der Waals surface area contributed by atoms with E-state index in [1.807, 2.05) is 13.8 Å². The van der Waals surface area contributed by atoms with Gasteiger partial charge >= 0.3 is 6.18 Å². The van der Waals surface area contributed by atoms with Gasteiger partial charge in [0, 0.05) is 23.8 Å². The Morgan fingerprint density at radius 2 is 2.05 bits per heavy atom. The Morgan fingerprint density at radius 3 is 2.62 bits per heavy atom. The molecular formula is C14H14ClF3N2S. The maximum absolute atomic E-state index is 12.6. The molecule has 0 bridgehead atoms. The van der Waals surface area contributed by atoms with Crippen molar-refractivity contribution in [3.8, 4) is 10.4 Å². The normalized spacial score (nSPS) is 12.1. The lowest BCUT2D eigenvalue weighted by molar-refractivity contribution is -0.137. The third kappa shape index (κ3) is 4.18. The summed E-state index contributed by atoms with van der Waals surface area (Å²) in [6.45, 7) is 4.53. The minimum atomic E-state index is -4.41. The Labute approximate surface area is 130 Å². The molecule has 0 saturated carbocycles. The summed E-state index contributed by atoms with van der Waals surface area (Å²) in [4.78, 5) is 3.95. The Morgan fingerprint density at radius 1 is 1.33 bits per heavy atom. The van der Waals surface area contributed by atoms with Crippen molar-refractivity contribution >= 4 is 22.9 Å². The number of benzene rings is 1. The minimum Gasteiger partial charge on any atom is -0.310 e. The maximum atomic E-state index is 12.6. The predicted octanol–water partition coefficient (Wildman–Crippen LogP) is 4.98. The van der Waals surface area contributed by atoms with Crippen LogP contribution >= 0.6 is 22.9 Å². The fraction of sp³-hybridized carbons (Fsp3) is 0.357. The van der Waals surface area contributed by atoms with Crippen molar-refractivity contribution in [2.75, 3.05) is 0 Å². The number of hydrogen-bond donors (Lipinski definition) is 1. The first-order valence-electron chi connectivity index (χ1n) is 6.32. The summed E-state index contributed by atoms with van der Waals surface area (Å²) in [5, 5.41) is 2.96. The summed E-state index contributed by atoms with van der Waals surface area (Å²) < 4.78 is 37.9. The molecule has 1 aromatic carbocycles. The molecule has 0 atom stereocenters. The second-order valence-corrected chi connectivity index (χ2v) is 6.33. The van der Waals surface area contributed by atoms with Gasteiger partial charge in [-0.15, -0.1) is 11.3 Å². The number of aromatic nitrogens is 1. The van der Waals surface area contributed by atoms with Crippen LogP contribution in [0.4, 0.5) is 13.2 Å². The molecule has 7 heteroatoms. The van der Waals surface area contributed by atoms with E-state index in [4.69, 9.17) is 11.6 Å². The van der Waals surface area contributed by atoms with Crippen LogP contribution in [0.5, 0.6) is 0 Å². The van der Waals surface area contributed by atoms with Crippen LogP contribution in [0.25, 0.3) is 10.4 Å². The standard InChI is InChI=1S/C14H14ClF3N2S/c1-8(2)19-6-9-5-10(15)3-4-11(9)12-7-20-13(21-12)14(16,17)18/h3-5,7-8,19H,6H2,1-2H3. The van der Waals surface area contributed by atoms with Crippen LogP contribution in [0.1, 0.15) is 24.4 Å². The van der Waals surface area contributed by atoms with Crippen LogP contribution < -0.4 is 5.32 Å². The van der Waals surface area contributed by atoms with E-state index in [-0.39, 0.29) is 6.04 Å². The topological polar surface area (TPSA) is 24.9 Å². The van der Waals surface area contributed by atoms with Gasteiger partial charge in [0.2, 0.25) is 0 Å². The largest absolute Gasteiger partial charge is 0.443 e. The Kier molecular flexibility index (Phi) is 4.91. The van der Waals surface area contributed by atoms with Crippen LogP contribution in [0, 0.1) is 0 Å². The number of alkyl halides is 3. The summed E-state index contributed by atoms with van der Waals surface area (Å²) >= 11 is 6.62. The van der Waals surface area contributed by atoms with Gasteiger partial charge in [-0.25, -0.2) is 4.98 Å². The lowest BCUT2D eigenvalue weighted by atomic mass is 10.1. The van der Waals surface area contributed by atoms with E-state index in [0.717, 1.165) is 11.1 Å². The SMILES string of the molecule is CC(C)NCc1cc(Cl)ccc1-c1cnc(C(F)(F)F)s1. The zero-order valence-corrected chi connectivity index (χ0v) is 13.0. The molecular weight excluding hydrogens is 321 g/mol. The van der Waals surface area contributed by atoms with Gasteiger partial charge in [0.05, 0.1) is 4.88 Å². The average Bonchev–Trinajstić information content (AvgIpc) is 2.85. The van der Waals surface area contributed by atoms with E-state index in [1.54, 1.807) is 18.2 Å². The highest BCUT2D eigenvalue weighted by Gasteiger charge is 2.34. The van der Waals surface area contributed by atoms with Crippen molar-refractivity contribution in [2.24, 2.45) is 0 Å². The molecule has 0 fully saturated rings. The molecule has 0 unspecified atom stereocenters. The molecule has 0 amide bonds. The summed E-state index contributed by atoms with van der Waals surface area (Å²) in [5.41, 5.74) is 1.58. The van der Waals surface area contributed by atoms with Gasteiger partial charge in [0.25, 0.3) is 0 Å². The molecule has 2 aromatic rings. The van der Waals surface area contributed by atoms with E-state index in [1.165, 1.54) is 6.20 Å². The molecule has 114 valence electrons. The second-order valence-electron chi connectivity index (χ2n) is 4.86. The second kappa shape index (κ2) is 6.34. The van der Waals surface area contributed by atoms with Crippen molar-refractivity contribution in [3.05, 3.63) is 40.0 Å². The minimum absolute atomic E-state index is 0.268. The third-order valence-electron chi connectivity index (χ3n) is 2.78. The zero-order valence-electron chi connectivity index (χ0n) is 11.5. The lowest BCUT2D eigenvalue weighted by Crippen LogP contribution is -2.22. The Bertz CT molecular complexity index is 623. The van der Waals surface area contributed by atoms with Gasteiger partial charge in [-0.3, -0.25) is 0 Å². The van der Waals surface area contributed by atoms with Crippen molar-refractivity contribution in [2.45, 2.75) is 32.6 Å². The lowest BCUT2D eigenvalue weighted by Gasteiger charge is -2.12. The van der Waals surface area contributed by atoms with Crippen LogP contribution in [-0.4, -0.2) is 11.0 Å².